The lowest BCUT2D eigenvalue weighted by atomic mass is 10.2. The highest BCUT2D eigenvalue weighted by atomic mass is 16.1. The summed E-state index contributed by atoms with van der Waals surface area (Å²) < 4.78 is 1.48. The van der Waals surface area contributed by atoms with Crippen LogP contribution in [0.1, 0.15) is 39.0 Å². The molecule has 2 rings (SSSR count). The highest BCUT2D eigenvalue weighted by Crippen LogP contribution is 2.16. The molecule has 0 fully saturated rings. The van der Waals surface area contributed by atoms with E-state index in [1.165, 1.54) is 17.6 Å². The van der Waals surface area contributed by atoms with Crippen LogP contribution in [0.15, 0.2) is 6.20 Å². The SMILES string of the molecule is CC(=O)c1cnc2c(C(N)=O)c(C)nn2c1C. The number of aromatic nitrogens is 3. The summed E-state index contributed by atoms with van der Waals surface area (Å²) in [5.74, 6) is -0.661. The Labute approximate surface area is 97.4 Å². The molecule has 0 aliphatic carbocycles. The number of carbonyl (C=O) groups is 2. The number of nitrogens with two attached hydrogens (primary N) is 1. The third-order valence-corrected chi connectivity index (χ3v) is 2.69. The molecule has 0 atom stereocenters. The molecule has 2 N–H and O–H groups in total. The second kappa shape index (κ2) is 3.65. The molecule has 0 aromatic carbocycles. The number of hydrogen-bond acceptors (Lipinski definition) is 4. The maximum Gasteiger partial charge on any atom is 0.254 e. The second-order valence-electron chi connectivity index (χ2n) is 3.87. The Morgan fingerprint density at radius 3 is 2.53 bits per heavy atom. The number of amides is 1. The lowest BCUT2D eigenvalue weighted by molar-refractivity contribution is 0.0997. The van der Waals surface area contributed by atoms with Crippen molar-refractivity contribution in [3.63, 3.8) is 0 Å². The summed E-state index contributed by atoms with van der Waals surface area (Å²) in [4.78, 5) is 26.7. The van der Waals surface area contributed by atoms with Gasteiger partial charge in [-0.1, -0.05) is 0 Å². The van der Waals surface area contributed by atoms with Crippen LogP contribution in [0.3, 0.4) is 0 Å². The molecule has 0 saturated carbocycles. The number of Topliss-reactive ketones (excluding diaryl/α,β-unsaturated/α-hetero) is 1. The van der Waals surface area contributed by atoms with Gasteiger partial charge in [0.2, 0.25) is 0 Å². The molecular formula is C11H12N4O2. The van der Waals surface area contributed by atoms with Crippen molar-refractivity contribution in [2.45, 2.75) is 20.8 Å². The predicted molar refractivity (Wildman–Crippen MR) is 61.0 cm³/mol. The zero-order chi connectivity index (χ0) is 12.7. The highest BCUT2D eigenvalue weighted by Gasteiger charge is 2.18. The average molecular weight is 232 g/mol. The van der Waals surface area contributed by atoms with Crippen molar-refractivity contribution in [1.82, 2.24) is 14.6 Å². The van der Waals surface area contributed by atoms with Gasteiger partial charge in [-0.05, 0) is 20.8 Å². The molecule has 2 heterocycles. The zero-order valence-electron chi connectivity index (χ0n) is 9.81. The van der Waals surface area contributed by atoms with Gasteiger partial charge in [-0.3, -0.25) is 9.59 Å². The quantitative estimate of drug-likeness (QED) is 0.769. The first-order valence-electron chi connectivity index (χ1n) is 5.09. The summed E-state index contributed by atoms with van der Waals surface area (Å²) in [6.45, 7) is 4.89. The molecule has 0 spiro atoms. The van der Waals surface area contributed by atoms with Gasteiger partial charge in [0.25, 0.3) is 5.91 Å². The van der Waals surface area contributed by atoms with Gasteiger partial charge in [-0.25, -0.2) is 9.50 Å². The van der Waals surface area contributed by atoms with Gasteiger partial charge in [0.1, 0.15) is 5.56 Å². The first-order chi connectivity index (χ1) is 7.93. The van der Waals surface area contributed by atoms with Crippen molar-refractivity contribution in [3.05, 3.63) is 28.7 Å². The van der Waals surface area contributed by atoms with Crippen molar-refractivity contribution in [3.8, 4) is 0 Å². The van der Waals surface area contributed by atoms with E-state index < -0.39 is 5.91 Å². The Kier molecular flexibility index (Phi) is 2.42. The maximum absolute atomic E-state index is 11.4. The van der Waals surface area contributed by atoms with E-state index in [9.17, 15) is 9.59 Å². The van der Waals surface area contributed by atoms with E-state index in [1.54, 1.807) is 13.8 Å². The van der Waals surface area contributed by atoms with Crippen LogP contribution < -0.4 is 5.73 Å². The smallest absolute Gasteiger partial charge is 0.254 e. The van der Waals surface area contributed by atoms with E-state index in [1.807, 2.05) is 0 Å². The van der Waals surface area contributed by atoms with E-state index in [0.29, 0.717) is 28.2 Å². The Hall–Kier alpha value is -2.24. The minimum Gasteiger partial charge on any atom is -0.365 e. The minimum atomic E-state index is -0.569. The van der Waals surface area contributed by atoms with E-state index in [2.05, 4.69) is 10.1 Å². The highest BCUT2D eigenvalue weighted by molar-refractivity contribution is 6.00. The van der Waals surface area contributed by atoms with Crippen molar-refractivity contribution < 1.29 is 9.59 Å². The lowest BCUT2D eigenvalue weighted by Gasteiger charge is -2.03. The number of aryl methyl sites for hydroxylation is 2. The molecule has 0 aliphatic heterocycles. The molecule has 0 saturated heterocycles. The van der Waals surface area contributed by atoms with Crippen LogP contribution in [0.4, 0.5) is 0 Å². The Morgan fingerprint density at radius 2 is 2.00 bits per heavy atom. The molecular weight excluding hydrogens is 220 g/mol. The number of rotatable bonds is 2. The van der Waals surface area contributed by atoms with Gasteiger partial charge < -0.3 is 5.73 Å². The Morgan fingerprint density at radius 1 is 1.35 bits per heavy atom. The molecule has 0 bridgehead atoms. The molecule has 88 valence electrons. The van der Waals surface area contributed by atoms with Crippen LogP contribution in [0.5, 0.6) is 0 Å². The molecule has 6 nitrogen and oxygen atoms in total. The van der Waals surface area contributed by atoms with E-state index >= 15 is 0 Å². The van der Waals surface area contributed by atoms with Crippen LogP contribution in [0.25, 0.3) is 5.65 Å². The van der Waals surface area contributed by atoms with Gasteiger partial charge in [0.15, 0.2) is 11.4 Å². The largest absolute Gasteiger partial charge is 0.365 e. The third kappa shape index (κ3) is 1.57. The second-order valence-corrected chi connectivity index (χ2v) is 3.87. The Balaban J connectivity index is 2.86. The van der Waals surface area contributed by atoms with Crippen molar-refractivity contribution in [2.24, 2.45) is 5.73 Å². The van der Waals surface area contributed by atoms with Crippen LogP contribution in [0, 0.1) is 13.8 Å². The number of nitrogens with zero attached hydrogens (tertiary/aromatic N) is 3. The number of primary amides is 1. The number of ketones is 1. The van der Waals surface area contributed by atoms with Crippen LogP contribution in [-0.2, 0) is 0 Å². The fourth-order valence-electron chi connectivity index (χ4n) is 1.84. The monoisotopic (exact) mass is 232 g/mol. The van der Waals surface area contributed by atoms with E-state index in [4.69, 9.17) is 5.73 Å². The molecule has 2 aromatic heterocycles. The maximum atomic E-state index is 11.4. The van der Waals surface area contributed by atoms with Crippen LogP contribution >= 0.6 is 0 Å². The fraction of sp³-hybridized carbons (Fsp3) is 0.273. The average Bonchev–Trinajstić information content (AvgIpc) is 2.55. The number of carbonyl (C=O) groups excluding carboxylic acids is 2. The van der Waals surface area contributed by atoms with E-state index in [-0.39, 0.29) is 5.78 Å². The summed E-state index contributed by atoms with van der Waals surface area (Å²) in [7, 11) is 0. The van der Waals surface area contributed by atoms with Gasteiger partial charge in [-0.2, -0.15) is 5.10 Å². The first-order valence-corrected chi connectivity index (χ1v) is 5.09. The summed E-state index contributed by atoms with van der Waals surface area (Å²) >= 11 is 0. The summed E-state index contributed by atoms with van der Waals surface area (Å²) in [5.41, 5.74) is 7.60. The molecule has 0 aliphatic rings. The summed E-state index contributed by atoms with van der Waals surface area (Å²) in [6.07, 6.45) is 1.44. The fourth-order valence-corrected chi connectivity index (χ4v) is 1.84. The number of fused-ring (bicyclic) bond motifs is 1. The van der Waals surface area contributed by atoms with Gasteiger partial charge in [-0.15, -0.1) is 0 Å². The van der Waals surface area contributed by atoms with Crippen LogP contribution in [0.2, 0.25) is 0 Å². The molecule has 2 aromatic rings. The molecule has 17 heavy (non-hydrogen) atoms. The van der Waals surface area contributed by atoms with Gasteiger partial charge in [0.05, 0.1) is 17.0 Å². The Bertz CT molecular complexity index is 642. The number of hydrogen-bond donors (Lipinski definition) is 1. The molecule has 0 unspecified atom stereocenters. The van der Waals surface area contributed by atoms with Gasteiger partial charge >= 0.3 is 0 Å². The topological polar surface area (TPSA) is 90.4 Å². The first kappa shape index (κ1) is 11.3. The van der Waals surface area contributed by atoms with Crippen molar-refractivity contribution >= 4 is 17.3 Å². The predicted octanol–water partition coefficient (Wildman–Crippen LogP) is 0.648. The van der Waals surface area contributed by atoms with Crippen molar-refractivity contribution in [2.75, 3.05) is 0 Å². The zero-order valence-corrected chi connectivity index (χ0v) is 9.81. The van der Waals surface area contributed by atoms with Crippen LogP contribution in [-0.4, -0.2) is 26.3 Å². The lowest BCUT2D eigenvalue weighted by Crippen LogP contribution is -2.13. The van der Waals surface area contributed by atoms with Crippen molar-refractivity contribution in [1.29, 1.82) is 0 Å². The van der Waals surface area contributed by atoms with E-state index in [0.717, 1.165) is 0 Å². The summed E-state index contributed by atoms with van der Waals surface area (Å²) in [6, 6.07) is 0. The van der Waals surface area contributed by atoms with Gasteiger partial charge in [0, 0.05) is 6.20 Å². The third-order valence-electron chi connectivity index (χ3n) is 2.69. The molecule has 1 amide bonds. The minimum absolute atomic E-state index is 0.0920. The summed E-state index contributed by atoms with van der Waals surface area (Å²) in [5, 5.41) is 4.18. The normalized spacial score (nSPS) is 10.8. The molecule has 0 radical (unpaired) electrons. The molecule has 6 heteroatoms. The standard InChI is InChI=1S/C11H12N4O2/c1-5-9(10(12)17)11-13-4-8(7(3)16)6(2)15(11)14-5/h4H,1-3H3,(H2,12,17).